The standard InChI is InChI=1S/C26H27N3O3S/c1-5-31-22-11-10-19(15-23(22)32-6-2)25(30)29(16-20-9-7-8-12-27-20)26-28-21-14-17(3)13-18(4)24(21)33-26/h7-15H,5-6,16H2,1-4H3. The molecule has 2 aromatic carbocycles. The Morgan fingerprint density at radius 3 is 2.52 bits per heavy atom. The number of rotatable bonds is 8. The van der Waals surface area contributed by atoms with Crippen LogP contribution in [0.15, 0.2) is 54.7 Å². The van der Waals surface area contributed by atoms with Crippen molar-refractivity contribution in [3.8, 4) is 11.5 Å². The van der Waals surface area contributed by atoms with Crippen LogP contribution in [0.2, 0.25) is 0 Å². The summed E-state index contributed by atoms with van der Waals surface area (Å²) in [6, 6.07) is 15.2. The molecule has 0 saturated heterocycles. The molecule has 0 bridgehead atoms. The number of fused-ring (bicyclic) bond motifs is 1. The van der Waals surface area contributed by atoms with E-state index in [1.54, 1.807) is 29.3 Å². The lowest BCUT2D eigenvalue weighted by molar-refractivity contribution is 0.0984. The lowest BCUT2D eigenvalue weighted by Gasteiger charge is -2.20. The monoisotopic (exact) mass is 461 g/mol. The Bertz CT molecular complexity index is 1270. The maximum atomic E-state index is 13.8. The van der Waals surface area contributed by atoms with Crippen molar-refractivity contribution in [2.45, 2.75) is 34.2 Å². The second-order valence-corrected chi connectivity index (χ2v) is 8.64. The molecular weight excluding hydrogens is 434 g/mol. The van der Waals surface area contributed by atoms with Gasteiger partial charge in [0.05, 0.1) is 35.7 Å². The highest BCUT2D eigenvalue weighted by Crippen LogP contribution is 2.35. The van der Waals surface area contributed by atoms with Crippen LogP contribution >= 0.6 is 11.3 Å². The Balaban J connectivity index is 1.77. The minimum atomic E-state index is -0.168. The Kier molecular flexibility index (Phi) is 6.89. The van der Waals surface area contributed by atoms with Crippen LogP contribution < -0.4 is 14.4 Å². The molecule has 0 spiro atoms. The second-order valence-electron chi connectivity index (χ2n) is 7.67. The van der Waals surface area contributed by atoms with Gasteiger partial charge < -0.3 is 9.47 Å². The summed E-state index contributed by atoms with van der Waals surface area (Å²) < 4.78 is 12.5. The van der Waals surface area contributed by atoms with Crippen LogP contribution in [0.3, 0.4) is 0 Å². The first-order chi connectivity index (χ1) is 16.0. The van der Waals surface area contributed by atoms with Gasteiger partial charge in [-0.15, -0.1) is 0 Å². The van der Waals surface area contributed by atoms with Crippen LogP contribution in [-0.2, 0) is 6.54 Å². The van der Waals surface area contributed by atoms with Crippen LogP contribution in [0.5, 0.6) is 11.5 Å². The minimum absolute atomic E-state index is 0.168. The summed E-state index contributed by atoms with van der Waals surface area (Å²) in [5.74, 6) is 1.01. The van der Waals surface area contributed by atoms with Gasteiger partial charge in [-0.3, -0.25) is 14.7 Å². The lowest BCUT2D eigenvalue weighted by atomic mass is 10.1. The van der Waals surface area contributed by atoms with Crippen LogP contribution in [-0.4, -0.2) is 29.1 Å². The van der Waals surface area contributed by atoms with E-state index in [1.807, 2.05) is 32.0 Å². The predicted octanol–water partition coefficient (Wildman–Crippen LogP) is 5.95. The van der Waals surface area contributed by atoms with Crippen molar-refractivity contribution in [3.05, 3.63) is 77.1 Å². The van der Waals surface area contributed by atoms with Crippen molar-refractivity contribution >= 4 is 32.6 Å². The number of thiazole rings is 1. The predicted molar refractivity (Wildman–Crippen MR) is 133 cm³/mol. The fourth-order valence-electron chi connectivity index (χ4n) is 3.70. The Morgan fingerprint density at radius 1 is 1.00 bits per heavy atom. The molecule has 0 N–H and O–H groups in total. The largest absolute Gasteiger partial charge is 0.490 e. The average Bonchev–Trinajstić information content (AvgIpc) is 3.23. The second kappa shape index (κ2) is 10.0. The van der Waals surface area contributed by atoms with Crippen molar-refractivity contribution in [2.75, 3.05) is 18.1 Å². The van der Waals surface area contributed by atoms with E-state index < -0.39 is 0 Å². The third-order valence-electron chi connectivity index (χ3n) is 5.12. The van der Waals surface area contributed by atoms with Crippen molar-refractivity contribution in [2.24, 2.45) is 0 Å². The van der Waals surface area contributed by atoms with Crippen LogP contribution in [0, 0.1) is 13.8 Å². The number of hydrogen-bond donors (Lipinski definition) is 0. The molecule has 0 atom stereocenters. The van der Waals surface area contributed by atoms with Crippen molar-refractivity contribution in [3.63, 3.8) is 0 Å². The first-order valence-electron chi connectivity index (χ1n) is 11.0. The SMILES string of the molecule is CCOc1ccc(C(=O)N(Cc2ccccn2)c2nc3cc(C)cc(C)c3s2)cc1OCC. The fraction of sp³-hybridized carbons (Fsp3) is 0.269. The summed E-state index contributed by atoms with van der Waals surface area (Å²) in [6.45, 7) is 9.26. The fourth-order valence-corrected chi connectivity index (χ4v) is 4.71. The smallest absolute Gasteiger partial charge is 0.260 e. The average molecular weight is 462 g/mol. The number of aromatic nitrogens is 2. The molecule has 0 unspecified atom stereocenters. The number of aryl methyl sites for hydroxylation is 2. The first kappa shape index (κ1) is 22.7. The van der Waals surface area contributed by atoms with E-state index in [4.69, 9.17) is 14.5 Å². The summed E-state index contributed by atoms with van der Waals surface area (Å²) >= 11 is 1.52. The maximum absolute atomic E-state index is 13.8. The lowest BCUT2D eigenvalue weighted by Crippen LogP contribution is -2.30. The highest BCUT2D eigenvalue weighted by molar-refractivity contribution is 7.22. The number of hydrogen-bond acceptors (Lipinski definition) is 6. The summed E-state index contributed by atoms with van der Waals surface area (Å²) in [5.41, 5.74) is 4.48. The molecular formula is C26H27N3O3S. The molecule has 7 heteroatoms. The number of pyridine rings is 1. The van der Waals surface area contributed by atoms with Gasteiger partial charge in [0.25, 0.3) is 5.91 Å². The quantitative estimate of drug-likeness (QED) is 0.324. The van der Waals surface area contributed by atoms with Gasteiger partial charge in [0.15, 0.2) is 16.6 Å². The van der Waals surface area contributed by atoms with Gasteiger partial charge in [0.2, 0.25) is 0 Å². The molecule has 6 nitrogen and oxygen atoms in total. The number of anilines is 1. The molecule has 0 aliphatic heterocycles. The van der Waals surface area contributed by atoms with E-state index in [0.717, 1.165) is 27.0 Å². The van der Waals surface area contributed by atoms with Crippen molar-refractivity contribution < 1.29 is 14.3 Å². The van der Waals surface area contributed by atoms with E-state index in [0.29, 0.717) is 42.0 Å². The van der Waals surface area contributed by atoms with Gasteiger partial charge in [-0.2, -0.15) is 0 Å². The summed E-state index contributed by atoms with van der Waals surface area (Å²) in [4.78, 5) is 24.7. The van der Waals surface area contributed by atoms with Gasteiger partial charge in [-0.05, 0) is 75.2 Å². The van der Waals surface area contributed by atoms with E-state index >= 15 is 0 Å². The Morgan fingerprint density at radius 2 is 1.79 bits per heavy atom. The van der Waals surface area contributed by atoms with Gasteiger partial charge >= 0.3 is 0 Å². The van der Waals surface area contributed by atoms with E-state index in [-0.39, 0.29) is 5.91 Å². The number of nitrogens with zero attached hydrogens (tertiary/aromatic N) is 3. The van der Waals surface area contributed by atoms with Crippen LogP contribution in [0.25, 0.3) is 10.2 Å². The molecule has 1 amide bonds. The number of carbonyl (C=O) groups excluding carboxylic acids is 1. The summed E-state index contributed by atoms with van der Waals surface area (Å²) in [5, 5.41) is 0.640. The molecule has 0 aliphatic carbocycles. The molecule has 2 heterocycles. The number of amides is 1. The van der Waals surface area contributed by atoms with Crippen LogP contribution in [0.1, 0.15) is 41.0 Å². The molecule has 0 saturated carbocycles. The van der Waals surface area contributed by atoms with E-state index in [9.17, 15) is 4.79 Å². The highest BCUT2D eigenvalue weighted by Gasteiger charge is 2.24. The summed E-state index contributed by atoms with van der Waals surface area (Å²) in [7, 11) is 0. The number of ether oxygens (including phenoxy) is 2. The van der Waals surface area contributed by atoms with E-state index in [1.165, 1.54) is 11.3 Å². The van der Waals surface area contributed by atoms with Gasteiger partial charge in [0, 0.05) is 11.8 Å². The zero-order valence-electron chi connectivity index (χ0n) is 19.3. The summed E-state index contributed by atoms with van der Waals surface area (Å²) in [6.07, 6.45) is 1.73. The molecule has 4 rings (SSSR count). The maximum Gasteiger partial charge on any atom is 0.260 e. The number of carbonyl (C=O) groups is 1. The van der Waals surface area contributed by atoms with Crippen molar-refractivity contribution in [1.82, 2.24) is 9.97 Å². The van der Waals surface area contributed by atoms with E-state index in [2.05, 4.69) is 31.0 Å². The van der Waals surface area contributed by atoms with Gasteiger partial charge in [-0.25, -0.2) is 4.98 Å². The molecule has 170 valence electrons. The zero-order valence-corrected chi connectivity index (χ0v) is 20.1. The molecule has 0 radical (unpaired) electrons. The third kappa shape index (κ3) is 4.98. The minimum Gasteiger partial charge on any atom is -0.490 e. The normalized spacial score (nSPS) is 10.9. The Labute approximate surface area is 197 Å². The molecule has 2 aromatic heterocycles. The first-order valence-corrected chi connectivity index (χ1v) is 11.8. The Hall–Kier alpha value is -3.45. The van der Waals surface area contributed by atoms with Gasteiger partial charge in [0.1, 0.15) is 0 Å². The van der Waals surface area contributed by atoms with Gasteiger partial charge in [-0.1, -0.05) is 23.5 Å². The molecule has 0 aliphatic rings. The molecule has 4 aromatic rings. The molecule has 33 heavy (non-hydrogen) atoms. The van der Waals surface area contributed by atoms with Crippen LogP contribution in [0.4, 0.5) is 5.13 Å². The highest BCUT2D eigenvalue weighted by atomic mass is 32.1. The molecule has 0 fully saturated rings. The third-order valence-corrected chi connectivity index (χ3v) is 6.35. The topological polar surface area (TPSA) is 64.5 Å². The zero-order chi connectivity index (χ0) is 23.4. The number of benzene rings is 2. The van der Waals surface area contributed by atoms with Crippen molar-refractivity contribution in [1.29, 1.82) is 0 Å².